The van der Waals surface area contributed by atoms with Gasteiger partial charge in [-0.1, -0.05) is 239 Å². The minimum atomic E-state index is -0.678. The van der Waals surface area contributed by atoms with Crippen molar-refractivity contribution in [2.75, 3.05) is 13.2 Å². The molecule has 0 heterocycles. The number of unbranched alkanes of at least 4 members (excludes halogenated alkanes) is 35. The van der Waals surface area contributed by atoms with Crippen LogP contribution < -0.4 is 5.32 Å². The number of nitrogens with one attached hydrogen (secondary N) is 1. The van der Waals surface area contributed by atoms with Gasteiger partial charge in [0.1, 0.15) is 0 Å². The second-order valence-corrected chi connectivity index (χ2v) is 17.2. The maximum absolute atomic E-state index is 12.4. The van der Waals surface area contributed by atoms with Crippen LogP contribution in [0.15, 0.2) is 0 Å². The Morgan fingerprint density at radius 3 is 1.11 bits per heavy atom. The fraction of sp³-hybridized carbons (Fsp3) is 0.959. The zero-order chi connectivity index (χ0) is 40.1. The summed E-state index contributed by atoms with van der Waals surface area (Å²) in [4.78, 5) is 24.4. The summed E-state index contributed by atoms with van der Waals surface area (Å²) in [5.41, 5.74) is 0. The highest BCUT2D eigenvalue weighted by Crippen LogP contribution is 2.17. The van der Waals surface area contributed by atoms with Gasteiger partial charge in [0, 0.05) is 12.8 Å². The third-order valence-electron chi connectivity index (χ3n) is 11.7. The average Bonchev–Trinajstić information content (AvgIpc) is 3.18. The first-order valence-electron chi connectivity index (χ1n) is 24.8. The third-order valence-corrected chi connectivity index (χ3v) is 11.7. The van der Waals surface area contributed by atoms with Crippen LogP contribution in [0.3, 0.4) is 0 Å². The minimum absolute atomic E-state index is 0.0205. The summed E-state index contributed by atoms with van der Waals surface area (Å²) in [5, 5.41) is 23.1. The largest absolute Gasteiger partial charge is 0.466 e. The maximum Gasteiger partial charge on any atom is 0.305 e. The number of ether oxygens (including phenoxy) is 1. The van der Waals surface area contributed by atoms with Crippen molar-refractivity contribution in [3.63, 3.8) is 0 Å². The van der Waals surface area contributed by atoms with Crippen molar-refractivity contribution < 1.29 is 24.5 Å². The van der Waals surface area contributed by atoms with Crippen molar-refractivity contribution in [1.82, 2.24) is 5.32 Å². The highest BCUT2D eigenvalue weighted by molar-refractivity contribution is 5.76. The van der Waals surface area contributed by atoms with E-state index >= 15 is 0 Å². The van der Waals surface area contributed by atoms with Crippen LogP contribution in [0.5, 0.6) is 0 Å². The van der Waals surface area contributed by atoms with E-state index in [0.29, 0.717) is 25.9 Å². The molecule has 0 fully saturated rings. The van der Waals surface area contributed by atoms with Crippen LogP contribution in [-0.2, 0) is 14.3 Å². The first-order valence-corrected chi connectivity index (χ1v) is 24.8. The number of rotatable bonds is 46. The van der Waals surface area contributed by atoms with Crippen LogP contribution in [0.4, 0.5) is 0 Å². The number of aliphatic hydroxyl groups is 2. The van der Waals surface area contributed by atoms with Crippen LogP contribution in [0.1, 0.15) is 277 Å². The Balaban J connectivity index is 3.43. The lowest BCUT2D eigenvalue weighted by Crippen LogP contribution is -2.45. The zero-order valence-electron chi connectivity index (χ0n) is 37.2. The van der Waals surface area contributed by atoms with Crippen molar-refractivity contribution >= 4 is 11.9 Å². The van der Waals surface area contributed by atoms with E-state index in [1.807, 2.05) is 0 Å². The van der Waals surface area contributed by atoms with Gasteiger partial charge in [0.05, 0.1) is 25.4 Å². The molecule has 0 aromatic carbocycles. The van der Waals surface area contributed by atoms with Crippen molar-refractivity contribution in [2.45, 2.75) is 289 Å². The summed E-state index contributed by atoms with van der Waals surface area (Å²) in [5.74, 6) is -0.0824. The van der Waals surface area contributed by atoms with Crippen molar-refractivity contribution in [2.24, 2.45) is 0 Å². The van der Waals surface area contributed by atoms with Crippen LogP contribution in [0, 0.1) is 0 Å². The molecule has 328 valence electrons. The van der Waals surface area contributed by atoms with E-state index in [4.69, 9.17) is 4.74 Å². The lowest BCUT2D eigenvalue weighted by molar-refractivity contribution is -0.143. The van der Waals surface area contributed by atoms with E-state index in [2.05, 4.69) is 19.2 Å². The fourth-order valence-corrected chi connectivity index (χ4v) is 7.82. The molecule has 0 aliphatic rings. The molecule has 6 nitrogen and oxygen atoms in total. The predicted octanol–water partition coefficient (Wildman–Crippen LogP) is 14.4. The Morgan fingerprint density at radius 1 is 0.436 bits per heavy atom. The molecular formula is C49H97NO5. The first kappa shape index (κ1) is 53.9. The van der Waals surface area contributed by atoms with Gasteiger partial charge in [-0.15, -0.1) is 0 Å². The molecule has 0 bridgehead atoms. The molecule has 2 atom stereocenters. The van der Waals surface area contributed by atoms with Gasteiger partial charge in [0.25, 0.3) is 0 Å². The Morgan fingerprint density at radius 2 is 0.745 bits per heavy atom. The number of hydrogen-bond acceptors (Lipinski definition) is 5. The Hall–Kier alpha value is -1.14. The summed E-state index contributed by atoms with van der Waals surface area (Å²) in [6, 6.07) is -0.558. The molecule has 3 N–H and O–H groups in total. The van der Waals surface area contributed by atoms with Crippen molar-refractivity contribution in [3.8, 4) is 0 Å². The van der Waals surface area contributed by atoms with Crippen LogP contribution in [0.2, 0.25) is 0 Å². The monoisotopic (exact) mass is 780 g/mol. The number of carbonyl (C=O) groups is 2. The number of aliphatic hydroxyl groups excluding tert-OH is 2. The molecule has 0 aliphatic carbocycles. The van der Waals surface area contributed by atoms with E-state index in [-0.39, 0.29) is 18.5 Å². The number of hydrogen-bond donors (Lipinski definition) is 3. The molecule has 1 amide bonds. The Labute approximate surface area is 343 Å². The van der Waals surface area contributed by atoms with Gasteiger partial charge in [0.2, 0.25) is 5.91 Å². The SMILES string of the molecule is CCCCCCCCCCCCCCCCCCCCC(=O)OCCCCCCCCCCCC(=O)NC(CO)C(O)CCCCCCCCCCCCC. The summed E-state index contributed by atoms with van der Waals surface area (Å²) in [6.45, 7) is 4.89. The molecule has 0 aromatic rings. The standard InChI is InChI=1S/C49H97NO5/c1-3-5-7-9-11-13-15-16-17-18-19-20-21-23-27-31-35-39-43-49(54)55-44-40-36-32-28-24-26-30-34-38-42-48(53)50-46(45-51)47(52)41-37-33-29-25-22-14-12-10-8-6-4-2/h46-47,51-52H,3-45H2,1-2H3,(H,50,53). The van der Waals surface area contributed by atoms with Gasteiger partial charge < -0.3 is 20.3 Å². The molecule has 0 rings (SSSR count). The number of amides is 1. The van der Waals surface area contributed by atoms with E-state index in [1.54, 1.807) is 0 Å². The van der Waals surface area contributed by atoms with Gasteiger partial charge in [-0.05, 0) is 25.7 Å². The van der Waals surface area contributed by atoms with Crippen LogP contribution in [0.25, 0.3) is 0 Å². The molecule has 0 aromatic heterocycles. The zero-order valence-corrected chi connectivity index (χ0v) is 37.2. The number of esters is 1. The normalized spacial score (nSPS) is 12.6. The number of carbonyl (C=O) groups excluding carboxylic acids is 2. The lowest BCUT2D eigenvalue weighted by atomic mass is 10.0. The highest BCUT2D eigenvalue weighted by atomic mass is 16.5. The van der Waals surface area contributed by atoms with Crippen LogP contribution >= 0.6 is 0 Å². The third kappa shape index (κ3) is 42.3. The van der Waals surface area contributed by atoms with Crippen LogP contribution in [-0.4, -0.2) is 47.4 Å². The quantitative estimate of drug-likeness (QED) is 0.0422. The summed E-state index contributed by atoms with van der Waals surface area (Å²) >= 11 is 0. The first-order chi connectivity index (χ1) is 27.0. The Bertz CT molecular complexity index is 776. The van der Waals surface area contributed by atoms with E-state index in [9.17, 15) is 19.8 Å². The molecule has 2 unspecified atom stereocenters. The fourth-order valence-electron chi connectivity index (χ4n) is 7.82. The molecule has 0 saturated carbocycles. The molecule has 55 heavy (non-hydrogen) atoms. The van der Waals surface area contributed by atoms with E-state index < -0.39 is 12.1 Å². The van der Waals surface area contributed by atoms with Crippen molar-refractivity contribution in [1.29, 1.82) is 0 Å². The van der Waals surface area contributed by atoms with E-state index in [1.165, 1.54) is 186 Å². The summed E-state index contributed by atoms with van der Waals surface area (Å²) in [7, 11) is 0. The summed E-state index contributed by atoms with van der Waals surface area (Å²) in [6.07, 6.45) is 49.3. The van der Waals surface area contributed by atoms with E-state index in [0.717, 1.165) is 57.8 Å². The van der Waals surface area contributed by atoms with Crippen molar-refractivity contribution in [3.05, 3.63) is 0 Å². The second kappa shape index (κ2) is 45.6. The smallest absolute Gasteiger partial charge is 0.305 e. The van der Waals surface area contributed by atoms with Gasteiger partial charge >= 0.3 is 5.97 Å². The minimum Gasteiger partial charge on any atom is -0.466 e. The molecule has 0 aliphatic heterocycles. The molecule has 6 heteroatoms. The molecule has 0 saturated heterocycles. The van der Waals surface area contributed by atoms with Gasteiger partial charge in [-0.25, -0.2) is 0 Å². The Kier molecular flexibility index (Phi) is 44.6. The molecular weight excluding hydrogens is 683 g/mol. The topological polar surface area (TPSA) is 95.9 Å². The maximum atomic E-state index is 12.4. The van der Waals surface area contributed by atoms with Gasteiger partial charge in [-0.2, -0.15) is 0 Å². The predicted molar refractivity (Wildman–Crippen MR) is 237 cm³/mol. The second-order valence-electron chi connectivity index (χ2n) is 17.2. The van der Waals surface area contributed by atoms with Gasteiger partial charge in [0.15, 0.2) is 0 Å². The highest BCUT2D eigenvalue weighted by Gasteiger charge is 2.20. The lowest BCUT2D eigenvalue weighted by Gasteiger charge is -2.22. The molecule has 0 spiro atoms. The van der Waals surface area contributed by atoms with Gasteiger partial charge in [-0.3, -0.25) is 9.59 Å². The average molecular weight is 780 g/mol. The summed E-state index contributed by atoms with van der Waals surface area (Å²) < 4.78 is 5.46. The molecule has 0 radical (unpaired) electrons.